The Morgan fingerprint density at radius 3 is 2.25 bits per heavy atom. The van der Waals surface area contributed by atoms with Gasteiger partial charge in [0.1, 0.15) is 6.04 Å². The molecule has 0 heterocycles. The summed E-state index contributed by atoms with van der Waals surface area (Å²) >= 11 is 0. The quantitative estimate of drug-likeness (QED) is 0.458. The molecule has 0 fully saturated rings. The van der Waals surface area contributed by atoms with Gasteiger partial charge in [-0.2, -0.15) is 0 Å². The zero-order chi connectivity index (χ0) is 8.85. The molecule has 0 aliphatic heterocycles. The van der Waals surface area contributed by atoms with Crippen molar-refractivity contribution in [2.45, 2.75) is 25.3 Å². The lowest BCUT2D eigenvalue weighted by molar-refractivity contribution is -0.138. The van der Waals surface area contributed by atoms with Gasteiger partial charge in [0.2, 0.25) is 5.91 Å². The first-order valence-electron chi connectivity index (χ1n) is 3.30. The molecule has 0 rings (SSSR count). The van der Waals surface area contributed by atoms with Crippen LogP contribution >= 0.6 is 0 Å². The molecule has 0 bridgehead atoms. The maximum atomic E-state index is 10.2. The molecule has 6 nitrogen and oxygen atoms in total. The second kappa shape index (κ2) is 6.56. The Bertz CT molecular complexity index is 160. The number of carboxylic acids is 1. The predicted octanol–water partition coefficient (Wildman–Crippen LogP) is -1.77. The molecule has 0 aliphatic carbocycles. The van der Waals surface area contributed by atoms with Crippen LogP contribution in [0.2, 0.25) is 0 Å². The number of carbonyl (C=O) groups is 2. The van der Waals surface area contributed by atoms with E-state index in [-0.39, 0.29) is 18.3 Å². The fraction of sp³-hybridized carbons (Fsp3) is 0.667. The van der Waals surface area contributed by atoms with Crippen molar-refractivity contribution in [3.63, 3.8) is 0 Å². The fourth-order valence-corrected chi connectivity index (χ4v) is 0.620. The smallest absolute Gasteiger partial charge is 0.320 e. The average molecular weight is 178 g/mol. The van der Waals surface area contributed by atoms with Gasteiger partial charge in [0.05, 0.1) is 0 Å². The summed E-state index contributed by atoms with van der Waals surface area (Å²) in [5.41, 5.74) is 9.98. The molecule has 0 aromatic heterocycles. The number of aliphatic carboxylic acids is 1. The van der Waals surface area contributed by atoms with Crippen LogP contribution in [0.3, 0.4) is 0 Å². The maximum Gasteiger partial charge on any atom is 0.320 e. The Hall–Kier alpha value is -1.14. The Labute approximate surface area is 69.8 Å². The molecule has 0 aliphatic rings. The molecule has 0 spiro atoms. The molecular formula is C6H14N2O4. The van der Waals surface area contributed by atoms with Crippen LogP contribution in [-0.2, 0) is 9.59 Å². The summed E-state index contributed by atoms with van der Waals surface area (Å²) < 4.78 is 0. The van der Waals surface area contributed by atoms with E-state index in [9.17, 15) is 9.59 Å². The monoisotopic (exact) mass is 178 g/mol. The van der Waals surface area contributed by atoms with Crippen molar-refractivity contribution in [2.24, 2.45) is 11.5 Å². The first-order chi connectivity index (χ1) is 5.04. The highest BCUT2D eigenvalue weighted by Gasteiger charge is 2.10. The largest absolute Gasteiger partial charge is 0.480 e. The van der Waals surface area contributed by atoms with Gasteiger partial charge in [0, 0.05) is 6.42 Å². The molecule has 0 unspecified atom stereocenters. The lowest BCUT2D eigenvalue weighted by Gasteiger charge is -2.03. The third-order valence-electron chi connectivity index (χ3n) is 1.26. The number of amides is 1. The van der Waals surface area contributed by atoms with Crippen molar-refractivity contribution in [2.75, 3.05) is 0 Å². The lowest BCUT2D eigenvalue weighted by atomic mass is 10.1. The molecule has 6 heteroatoms. The van der Waals surface area contributed by atoms with Gasteiger partial charge in [-0.15, -0.1) is 0 Å². The Morgan fingerprint density at radius 1 is 1.42 bits per heavy atom. The van der Waals surface area contributed by atoms with E-state index < -0.39 is 17.9 Å². The minimum atomic E-state index is -1.05. The summed E-state index contributed by atoms with van der Waals surface area (Å²) in [6.45, 7) is 0. The van der Waals surface area contributed by atoms with Crippen LogP contribution in [-0.4, -0.2) is 28.5 Å². The number of primary amides is 1. The summed E-state index contributed by atoms with van der Waals surface area (Å²) in [5, 5.41) is 8.31. The topological polar surface area (TPSA) is 138 Å². The number of hydrogen-bond acceptors (Lipinski definition) is 3. The van der Waals surface area contributed by atoms with Crippen molar-refractivity contribution in [3.8, 4) is 0 Å². The van der Waals surface area contributed by atoms with E-state index in [0.717, 1.165) is 0 Å². The molecule has 1 atom stereocenters. The van der Waals surface area contributed by atoms with Crippen LogP contribution in [0, 0.1) is 0 Å². The van der Waals surface area contributed by atoms with Gasteiger partial charge in [-0.25, -0.2) is 0 Å². The number of nitrogens with two attached hydrogens (primary N) is 2. The summed E-state index contributed by atoms with van der Waals surface area (Å²) in [4.78, 5) is 20.3. The molecule has 1 amide bonds. The summed E-state index contributed by atoms with van der Waals surface area (Å²) in [5.74, 6) is -1.47. The standard InChI is InChI=1S/C6H12N2O3.H2O/c7-4(6(10)11)2-1-3-5(8)9;/h4H,1-3,7H2,(H2,8,9)(H,10,11);1H2/t4-;/m0./s1. The Morgan fingerprint density at radius 2 is 1.92 bits per heavy atom. The number of carbonyl (C=O) groups excluding carboxylic acids is 1. The minimum Gasteiger partial charge on any atom is -0.480 e. The van der Waals surface area contributed by atoms with Crippen LogP contribution in [0.15, 0.2) is 0 Å². The normalized spacial score (nSPS) is 11.4. The van der Waals surface area contributed by atoms with E-state index in [2.05, 4.69) is 0 Å². The first kappa shape index (κ1) is 13.4. The van der Waals surface area contributed by atoms with Crippen LogP contribution in [0.1, 0.15) is 19.3 Å². The number of hydrogen-bond donors (Lipinski definition) is 3. The molecule has 0 saturated carbocycles. The summed E-state index contributed by atoms with van der Waals surface area (Å²) in [6, 6.07) is -0.880. The summed E-state index contributed by atoms with van der Waals surface area (Å²) in [7, 11) is 0. The molecule has 0 radical (unpaired) electrons. The second-order valence-corrected chi connectivity index (χ2v) is 2.30. The van der Waals surface area contributed by atoms with Crippen molar-refractivity contribution >= 4 is 11.9 Å². The Kier molecular flexibility index (Phi) is 7.36. The van der Waals surface area contributed by atoms with Gasteiger partial charge < -0.3 is 22.1 Å². The van der Waals surface area contributed by atoms with Gasteiger partial charge >= 0.3 is 5.97 Å². The average Bonchev–Trinajstić information content (AvgIpc) is 1.86. The maximum absolute atomic E-state index is 10.2. The zero-order valence-electron chi connectivity index (χ0n) is 6.62. The third-order valence-corrected chi connectivity index (χ3v) is 1.26. The first-order valence-corrected chi connectivity index (χ1v) is 3.30. The predicted molar refractivity (Wildman–Crippen MR) is 42.3 cm³/mol. The molecule has 0 aromatic rings. The number of carboxylic acid groups (broad SMARTS) is 1. The molecule has 7 N–H and O–H groups in total. The van der Waals surface area contributed by atoms with E-state index in [4.69, 9.17) is 16.6 Å². The molecule has 0 aromatic carbocycles. The van der Waals surface area contributed by atoms with Crippen LogP contribution in [0.4, 0.5) is 0 Å². The highest BCUT2D eigenvalue weighted by atomic mass is 16.4. The van der Waals surface area contributed by atoms with Crippen LogP contribution < -0.4 is 11.5 Å². The fourth-order valence-electron chi connectivity index (χ4n) is 0.620. The molecule has 72 valence electrons. The van der Waals surface area contributed by atoms with Crippen molar-refractivity contribution in [1.82, 2.24) is 0 Å². The van der Waals surface area contributed by atoms with E-state index >= 15 is 0 Å². The molecule has 0 saturated heterocycles. The van der Waals surface area contributed by atoms with Gasteiger partial charge in [-0.05, 0) is 12.8 Å². The van der Waals surface area contributed by atoms with Crippen LogP contribution in [0.25, 0.3) is 0 Å². The minimum absolute atomic E-state index is 0. The van der Waals surface area contributed by atoms with Crippen molar-refractivity contribution < 1.29 is 20.2 Å². The third kappa shape index (κ3) is 6.97. The highest BCUT2D eigenvalue weighted by Crippen LogP contribution is 1.97. The van der Waals surface area contributed by atoms with Crippen molar-refractivity contribution in [1.29, 1.82) is 0 Å². The second-order valence-electron chi connectivity index (χ2n) is 2.30. The van der Waals surface area contributed by atoms with E-state index in [1.807, 2.05) is 0 Å². The van der Waals surface area contributed by atoms with E-state index in [0.29, 0.717) is 6.42 Å². The van der Waals surface area contributed by atoms with Crippen LogP contribution in [0.5, 0.6) is 0 Å². The van der Waals surface area contributed by atoms with Gasteiger partial charge in [-0.3, -0.25) is 9.59 Å². The lowest BCUT2D eigenvalue weighted by Crippen LogP contribution is -2.30. The highest BCUT2D eigenvalue weighted by molar-refractivity contribution is 5.74. The van der Waals surface area contributed by atoms with Gasteiger partial charge in [-0.1, -0.05) is 0 Å². The zero-order valence-corrected chi connectivity index (χ0v) is 6.62. The van der Waals surface area contributed by atoms with Gasteiger partial charge in [0.15, 0.2) is 0 Å². The SMILES string of the molecule is NC(=O)CCC[C@H](N)C(=O)O.O. The molecule has 12 heavy (non-hydrogen) atoms. The summed E-state index contributed by atoms with van der Waals surface area (Å²) in [6.07, 6.45) is 0.919. The number of rotatable bonds is 5. The van der Waals surface area contributed by atoms with Gasteiger partial charge in [0.25, 0.3) is 0 Å². The Balaban J connectivity index is 0. The van der Waals surface area contributed by atoms with E-state index in [1.165, 1.54) is 0 Å². The molecular weight excluding hydrogens is 164 g/mol. The van der Waals surface area contributed by atoms with E-state index in [1.54, 1.807) is 0 Å². The van der Waals surface area contributed by atoms with Crippen molar-refractivity contribution in [3.05, 3.63) is 0 Å².